The van der Waals surface area contributed by atoms with Crippen molar-refractivity contribution >= 4 is 22.6 Å². The van der Waals surface area contributed by atoms with Crippen LogP contribution in [0.3, 0.4) is 0 Å². The number of carbonyl (C=O) groups excluding carboxylic acids is 1. The van der Waals surface area contributed by atoms with Crippen molar-refractivity contribution in [3.63, 3.8) is 0 Å². The standard InChI is InChI=1S/C18H19N3O3/c1-4-17-20-13-7-6-12(10-14(13)21-17)19-18(22)11-5-8-15(23-2)16(9-11)24-3/h5-10H,4H2,1-3H3,(H,19,22)(H,20,21). The van der Waals surface area contributed by atoms with Crippen molar-refractivity contribution in [1.29, 1.82) is 0 Å². The molecule has 0 aliphatic rings. The van der Waals surface area contributed by atoms with E-state index in [2.05, 4.69) is 15.3 Å². The molecule has 6 heteroatoms. The number of nitrogens with zero attached hydrogens (tertiary/aromatic N) is 1. The second kappa shape index (κ2) is 6.62. The lowest BCUT2D eigenvalue weighted by atomic mass is 10.1. The Balaban J connectivity index is 1.83. The number of rotatable bonds is 5. The van der Waals surface area contributed by atoms with Crippen LogP contribution in [-0.2, 0) is 6.42 Å². The third kappa shape index (κ3) is 3.03. The molecule has 3 rings (SSSR count). The summed E-state index contributed by atoms with van der Waals surface area (Å²) in [4.78, 5) is 20.1. The molecule has 1 amide bonds. The molecule has 0 saturated carbocycles. The molecule has 1 heterocycles. The fraction of sp³-hybridized carbons (Fsp3) is 0.222. The number of H-pyrrole nitrogens is 1. The summed E-state index contributed by atoms with van der Waals surface area (Å²) in [6, 6.07) is 10.6. The summed E-state index contributed by atoms with van der Waals surface area (Å²) in [5.41, 5.74) is 2.98. The Hall–Kier alpha value is -3.02. The van der Waals surface area contributed by atoms with Crippen LogP contribution in [0.2, 0.25) is 0 Å². The number of aryl methyl sites for hydroxylation is 1. The molecule has 0 unspecified atom stereocenters. The van der Waals surface area contributed by atoms with Crippen LogP contribution >= 0.6 is 0 Å². The summed E-state index contributed by atoms with van der Waals surface area (Å²) in [6.07, 6.45) is 0.835. The lowest BCUT2D eigenvalue weighted by Crippen LogP contribution is -2.12. The summed E-state index contributed by atoms with van der Waals surface area (Å²) >= 11 is 0. The largest absolute Gasteiger partial charge is 0.493 e. The number of aromatic nitrogens is 2. The van der Waals surface area contributed by atoms with E-state index in [0.717, 1.165) is 23.3 Å². The van der Waals surface area contributed by atoms with E-state index in [9.17, 15) is 4.79 Å². The van der Waals surface area contributed by atoms with Gasteiger partial charge in [-0.2, -0.15) is 0 Å². The van der Waals surface area contributed by atoms with Crippen molar-refractivity contribution < 1.29 is 14.3 Å². The van der Waals surface area contributed by atoms with Crippen molar-refractivity contribution in [2.75, 3.05) is 19.5 Å². The number of aromatic amines is 1. The predicted octanol–water partition coefficient (Wildman–Crippen LogP) is 3.39. The topological polar surface area (TPSA) is 76.2 Å². The average Bonchev–Trinajstić information content (AvgIpc) is 3.03. The zero-order valence-corrected chi connectivity index (χ0v) is 13.8. The maximum atomic E-state index is 12.4. The third-order valence-electron chi connectivity index (χ3n) is 3.77. The molecule has 0 radical (unpaired) electrons. The minimum Gasteiger partial charge on any atom is -0.493 e. The van der Waals surface area contributed by atoms with Gasteiger partial charge >= 0.3 is 0 Å². The molecule has 0 fully saturated rings. The van der Waals surface area contributed by atoms with Gasteiger partial charge in [0.15, 0.2) is 11.5 Å². The van der Waals surface area contributed by atoms with Crippen LogP contribution in [0.5, 0.6) is 11.5 Å². The number of nitrogens with one attached hydrogen (secondary N) is 2. The molecule has 124 valence electrons. The van der Waals surface area contributed by atoms with E-state index in [1.54, 1.807) is 25.3 Å². The van der Waals surface area contributed by atoms with Crippen LogP contribution in [0, 0.1) is 0 Å². The van der Waals surface area contributed by atoms with E-state index in [1.165, 1.54) is 7.11 Å². The Morgan fingerprint density at radius 2 is 1.92 bits per heavy atom. The molecule has 0 aliphatic carbocycles. The highest BCUT2D eigenvalue weighted by molar-refractivity contribution is 6.05. The van der Waals surface area contributed by atoms with Crippen molar-refractivity contribution in [2.24, 2.45) is 0 Å². The molecule has 3 aromatic rings. The minimum atomic E-state index is -0.217. The maximum Gasteiger partial charge on any atom is 0.255 e. The Bertz CT molecular complexity index is 886. The summed E-state index contributed by atoms with van der Waals surface area (Å²) in [5.74, 6) is 1.81. The Morgan fingerprint density at radius 3 is 2.62 bits per heavy atom. The lowest BCUT2D eigenvalue weighted by molar-refractivity contribution is 0.102. The molecule has 6 nitrogen and oxygen atoms in total. The van der Waals surface area contributed by atoms with Crippen molar-refractivity contribution in [3.8, 4) is 11.5 Å². The molecule has 2 N–H and O–H groups in total. The van der Waals surface area contributed by atoms with E-state index in [4.69, 9.17) is 9.47 Å². The predicted molar refractivity (Wildman–Crippen MR) is 93.0 cm³/mol. The molecule has 0 aliphatic heterocycles. The van der Waals surface area contributed by atoms with E-state index in [0.29, 0.717) is 22.7 Å². The Labute approximate surface area is 139 Å². The molecule has 24 heavy (non-hydrogen) atoms. The second-order valence-corrected chi connectivity index (χ2v) is 5.29. The molecule has 2 aromatic carbocycles. The van der Waals surface area contributed by atoms with Gasteiger partial charge in [0.05, 0.1) is 25.3 Å². The zero-order valence-electron chi connectivity index (χ0n) is 13.8. The zero-order chi connectivity index (χ0) is 17.1. The first-order valence-corrected chi connectivity index (χ1v) is 7.66. The van der Waals surface area contributed by atoms with Gasteiger partial charge in [0.1, 0.15) is 5.82 Å². The molecule has 0 spiro atoms. The number of carbonyl (C=O) groups is 1. The lowest BCUT2D eigenvalue weighted by Gasteiger charge is -2.10. The van der Waals surface area contributed by atoms with Gasteiger partial charge in [0.25, 0.3) is 5.91 Å². The van der Waals surface area contributed by atoms with Crippen molar-refractivity contribution in [3.05, 3.63) is 47.8 Å². The number of anilines is 1. The number of amides is 1. The third-order valence-corrected chi connectivity index (χ3v) is 3.77. The smallest absolute Gasteiger partial charge is 0.255 e. The molecule has 0 atom stereocenters. The van der Waals surface area contributed by atoms with Gasteiger partial charge in [-0.05, 0) is 36.4 Å². The highest BCUT2D eigenvalue weighted by Crippen LogP contribution is 2.28. The normalized spacial score (nSPS) is 10.6. The maximum absolute atomic E-state index is 12.4. The van der Waals surface area contributed by atoms with Gasteiger partial charge in [-0.3, -0.25) is 4.79 Å². The second-order valence-electron chi connectivity index (χ2n) is 5.29. The summed E-state index contributed by atoms with van der Waals surface area (Å²) in [7, 11) is 3.10. The minimum absolute atomic E-state index is 0.217. The summed E-state index contributed by atoms with van der Waals surface area (Å²) in [6.45, 7) is 2.04. The Morgan fingerprint density at radius 1 is 1.12 bits per heavy atom. The quantitative estimate of drug-likeness (QED) is 0.754. The number of methoxy groups -OCH3 is 2. The van der Waals surface area contributed by atoms with E-state index < -0.39 is 0 Å². The van der Waals surface area contributed by atoms with Gasteiger partial charge in [-0.15, -0.1) is 0 Å². The highest BCUT2D eigenvalue weighted by Gasteiger charge is 2.11. The van der Waals surface area contributed by atoms with Crippen LogP contribution in [0.15, 0.2) is 36.4 Å². The monoisotopic (exact) mass is 325 g/mol. The number of fused-ring (bicyclic) bond motifs is 1. The van der Waals surface area contributed by atoms with Gasteiger partial charge < -0.3 is 19.8 Å². The van der Waals surface area contributed by atoms with Crippen molar-refractivity contribution in [1.82, 2.24) is 9.97 Å². The first-order chi connectivity index (χ1) is 11.6. The van der Waals surface area contributed by atoms with E-state index in [-0.39, 0.29) is 5.91 Å². The molecule has 0 saturated heterocycles. The van der Waals surface area contributed by atoms with Crippen LogP contribution < -0.4 is 14.8 Å². The summed E-state index contributed by atoms with van der Waals surface area (Å²) in [5, 5.41) is 2.88. The molecular formula is C18H19N3O3. The van der Waals surface area contributed by atoms with Gasteiger partial charge in [-0.25, -0.2) is 4.98 Å². The van der Waals surface area contributed by atoms with Crippen molar-refractivity contribution in [2.45, 2.75) is 13.3 Å². The summed E-state index contributed by atoms with van der Waals surface area (Å²) < 4.78 is 10.4. The number of hydrogen-bond donors (Lipinski definition) is 2. The van der Waals surface area contributed by atoms with Gasteiger partial charge in [-0.1, -0.05) is 6.92 Å². The Kier molecular flexibility index (Phi) is 4.37. The van der Waals surface area contributed by atoms with Gasteiger partial charge in [0.2, 0.25) is 0 Å². The number of ether oxygens (including phenoxy) is 2. The van der Waals surface area contributed by atoms with Crippen LogP contribution in [0.1, 0.15) is 23.1 Å². The van der Waals surface area contributed by atoms with Crippen LogP contribution in [0.25, 0.3) is 11.0 Å². The molecule has 0 bridgehead atoms. The molecular weight excluding hydrogens is 306 g/mol. The fourth-order valence-electron chi connectivity index (χ4n) is 2.49. The van der Waals surface area contributed by atoms with Crippen LogP contribution in [-0.4, -0.2) is 30.1 Å². The number of imidazole rings is 1. The first kappa shape index (κ1) is 15.9. The number of benzene rings is 2. The van der Waals surface area contributed by atoms with E-state index >= 15 is 0 Å². The SMILES string of the molecule is CCc1nc2ccc(NC(=O)c3ccc(OC)c(OC)c3)cc2[nH]1. The van der Waals surface area contributed by atoms with E-state index in [1.807, 2.05) is 25.1 Å². The van der Waals surface area contributed by atoms with Crippen LogP contribution in [0.4, 0.5) is 5.69 Å². The average molecular weight is 325 g/mol. The number of hydrogen-bond acceptors (Lipinski definition) is 4. The first-order valence-electron chi connectivity index (χ1n) is 7.66. The fourth-order valence-corrected chi connectivity index (χ4v) is 2.49. The highest BCUT2D eigenvalue weighted by atomic mass is 16.5. The molecule has 1 aromatic heterocycles. The van der Waals surface area contributed by atoms with Gasteiger partial charge in [0, 0.05) is 17.7 Å².